The minimum absolute atomic E-state index is 0.925. The van der Waals surface area contributed by atoms with Crippen LogP contribution >= 0.6 is 0 Å². The van der Waals surface area contributed by atoms with Gasteiger partial charge in [0.25, 0.3) is 0 Å². The van der Waals surface area contributed by atoms with Crippen molar-refractivity contribution in [3.8, 4) is 0 Å². The Morgan fingerprint density at radius 2 is 2.30 bits per heavy atom. The van der Waals surface area contributed by atoms with Crippen LogP contribution in [0.3, 0.4) is 0 Å². The Balaban J connectivity index is 3.26. The summed E-state index contributed by atoms with van der Waals surface area (Å²) in [4.78, 5) is 6.00. The summed E-state index contributed by atoms with van der Waals surface area (Å²) >= 11 is 0. The van der Waals surface area contributed by atoms with Gasteiger partial charge in [0.15, 0.2) is 0 Å². The highest BCUT2D eigenvalue weighted by molar-refractivity contribution is 5.55. The Bertz CT molecular complexity index is 108. The van der Waals surface area contributed by atoms with Gasteiger partial charge in [-0.15, -0.1) is 0 Å². The number of unbranched alkanes of at least 4 members (excludes halogenated alkanes) is 1. The van der Waals surface area contributed by atoms with Crippen molar-refractivity contribution in [2.45, 2.75) is 19.8 Å². The predicted molar refractivity (Wildman–Crippen MR) is 46.2 cm³/mol. The summed E-state index contributed by atoms with van der Waals surface area (Å²) in [7, 11) is 1.92. The summed E-state index contributed by atoms with van der Waals surface area (Å²) in [5, 5.41) is 0. The van der Waals surface area contributed by atoms with Crippen LogP contribution in [0.1, 0.15) is 19.8 Å². The van der Waals surface area contributed by atoms with E-state index in [0.717, 1.165) is 6.54 Å². The molecule has 0 unspecified atom stereocenters. The number of nitrogens with zero attached hydrogens (tertiary/aromatic N) is 2. The number of rotatable bonds is 5. The standard InChI is InChI=1S/C8H16N2/c1-4-6-7-9-8-10(3)5-2/h5,8H,2,4,6-7H2,1,3H3/b9-8+. The van der Waals surface area contributed by atoms with E-state index in [1.54, 1.807) is 12.5 Å². The number of hydrogen-bond acceptors (Lipinski definition) is 1. The SMILES string of the molecule is C=CN(C)/C=N/CCCC. The Labute approximate surface area is 63.3 Å². The van der Waals surface area contributed by atoms with Crippen molar-refractivity contribution >= 4 is 6.34 Å². The lowest BCUT2D eigenvalue weighted by atomic mass is 10.3. The van der Waals surface area contributed by atoms with E-state index in [4.69, 9.17) is 0 Å². The van der Waals surface area contributed by atoms with Gasteiger partial charge in [-0.3, -0.25) is 4.99 Å². The maximum Gasteiger partial charge on any atom is 0.0886 e. The molecule has 0 aliphatic carbocycles. The molecule has 10 heavy (non-hydrogen) atoms. The molecule has 0 aliphatic rings. The fourth-order valence-corrected chi connectivity index (χ4v) is 0.483. The van der Waals surface area contributed by atoms with Gasteiger partial charge in [0.1, 0.15) is 0 Å². The van der Waals surface area contributed by atoms with Crippen molar-refractivity contribution in [3.63, 3.8) is 0 Å². The lowest BCUT2D eigenvalue weighted by molar-refractivity contribution is 0.700. The monoisotopic (exact) mass is 140 g/mol. The van der Waals surface area contributed by atoms with E-state index in [9.17, 15) is 0 Å². The highest BCUT2D eigenvalue weighted by atomic mass is 15.1. The third-order valence-corrected chi connectivity index (χ3v) is 1.19. The van der Waals surface area contributed by atoms with E-state index in [1.165, 1.54) is 12.8 Å². The van der Waals surface area contributed by atoms with E-state index in [-0.39, 0.29) is 0 Å². The molecular weight excluding hydrogens is 124 g/mol. The zero-order chi connectivity index (χ0) is 7.82. The fraction of sp³-hybridized carbons (Fsp3) is 0.625. The molecule has 0 aliphatic heterocycles. The predicted octanol–water partition coefficient (Wildman–Crippen LogP) is 1.89. The van der Waals surface area contributed by atoms with Crippen molar-refractivity contribution in [1.82, 2.24) is 4.90 Å². The lowest BCUT2D eigenvalue weighted by Gasteiger charge is -2.02. The molecule has 0 spiro atoms. The van der Waals surface area contributed by atoms with E-state index in [1.807, 2.05) is 11.9 Å². The molecule has 0 heterocycles. The molecule has 2 nitrogen and oxygen atoms in total. The minimum atomic E-state index is 0.925. The van der Waals surface area contributed by atoms with Gasteiger partial charge in [-0.1, -0.05) is 19.9 Å². The summed E-state index contributed by atoms with van der Waals surface area (Å²) in [6, 6.07) is 0. The van der Waals surface area contributed by atoms with Crippen LogP contribution in [0.15, 0.2) is 17.8 Å². The summed E-state index contributed by atoms with van der Waals surface area (Å²) in [6.45, 7) is 6.68. The zero-order valence-corrected chi connectivity index (χ0v) is 6.88. The van der Waals surface area contributed by atoms with E-state index in [0.29, 0.717) is 0 Å². The van der Waals surface area contributed by atoms with Gasteiger partial charge in [0, 0.05) is 13.6 Å². The first-order valence-corrected chi connectivity index (χ1v) is 3.65. The summed E-state index contributed by atoms with van der Waals surface area (Å²) in [5.41, 5.74) is 0. The molecule has 0 saturated heterocycles. The zero-order valence-electron chi connectivity index (χ0n) is 6.88. The van der Waals surface area contributed by atoms with Crippen LogP contribution in [0.5, 0.6) is 0 Å². The Morgan fingerprint density at radius 1 is 1.60 bits per heavy atom. The molecule has 0 atom stereocenters. The van der Waals surface area contributed by atoms with Crippen LogP contribution in [0.25, 0.3) is 0 Å². The van der Waals surface area contributed by atoms with Crippen LogP contribution < -0.4 is 0 Å². The van der Waals surface area contributed by atoms with Gasteiger partial charge >= 0.3 is 0 Å². The molecule has 0 amide bonds. The fourth-order valence-electron chi connectivity index (χ4n) is 0.483. The molecule has 0 aromatic rings. The van der Waals surface area contributed by atoms with E-state index in [2.05, 4.69) is 18.5 Å². The molecule has 0 bridgehead atoms. The van der Waals surface area contributed by atoms with E-state index < -0.39 is 0 Å². The second kappa shape index (κ2) is 6.33. The normalized spacial score (nSPS) is 10.2. The summed E-state index contributed by atoms with van der Waals surface area (Å²) < 4.78 is 0. The molecule has 0 aromatic heterocycles. The Kier molecular flexibility index (Phi) is 5.83. The first-order valence-electron chi connectivity index (χ1n) is 3.65. The van der Waals surface area contributed by atoms with Gasteiger partial charge in [-0.05, 0) is 12.6 Å². The second-order valence-electron chi connectivity index (χ2n) is 2.22. The molecule has 0 radical (unpaired) electrons. The highest BCUT2D eigenvalue weighted by Gasteiger charge is 1.80. The molecule has 0 saturated carbocycles. The first-order chi connectivity index (χ1) is 4.81. The van der Waals surface area contributed by atoms with E-state index >= 15 is 0 Å². The lowest BCUT2D eigenvalue weighted by Crippen LogP contribution is -2.06. The number of hydrogen-bond donors (Lipinski definition) is 0. The molecule has 2 heteroatoms. The summed E-state index contributed by atoms with van der Waals surface area (Å²) in [5.74, 6) is 0. The van der Waals surface area contributed by atoms with Crippen LogP contribution in [0, 0.1) is 0 Å². The van der Waals surface area contributed by atoms with Crippen LogP contribution in [-0.2, 0) is 0 Å². The molecule has 0 aromatic carbocycles. The van der Waals surface area contributed by atoms with Crippen molar-refractivity contribution in [3.05, 3.63) is 12.8 Å². The summed E-state index contributed by atoms with van der Waals surface area (Å²) in [6.07, 6.45) is 5.90. The van der Waals surface area contributed by atoms with Gasteiger partial charge < -0.3 is 4.90 Å². The third kappa shape index (κ3) is 5.35. The van der Waals surface area contributed by atoms with Gasteiger partial charge in [-0.2, -0.15) is 0 Å². The van der Waals surface area contributed by atoms with Crippen LogP contribution in [0.2, 0.25) is 0 Å². The first kappa shape index (κ1) is 9.21. The average molecular weight is 140 g/mol. The quantitative estimate of drug-likeness (QED) is 0.323. The second-order valence-corrected chi connectivity index (χ2v) is 2.22. The highest BCUT2D eigenvalue weighted by Crippen LogP contribution is 1.86. The van der Waals surface area contributed by atoms with Gasteiger partial charge in [0.2, 0.25) is 0 Å². The Morgan fingerprint density at radius 3 is 2.80 bits per heavy atom. The third-order valence-electron chi connectivity index (χ3n) is 1.19. The topological polar surface area (TPSA) is 15.6 Å². The molecule has 58 valence electrons. The smallest absolute Gasteiger partial charge is 0.0886 e. The largest absolute Gasteiger partial charge is 0.343 e. The average Bonchev–Trinajstić information content (AvgIpc) is 1.98. The van der Waals surface area contributed by atoms with Crippen molar-refractivity contribution < 1.29 is 0 Å². The Hall–Kier alpha value is -0.790. The molecule has 0 fully saturated rings. The molecule has 0 rings (SSSR count). The van der Waals surface area contributed by atoms with Crippen molar-refractivity contribution in [2.24, 2.45) is 4.99 Å². The van der Waals surface area contributed by atoms with Crippen LogP contribution in [-0.4, -0.2) is 24.8 Å². The van der Waals surface area contributed by atoms with Crippen LogP contribution in [0.4, 0.5) is 0 Å². The minimum Gasteiger partial charge on any atom is -0.343 e. The molecular formula is C8H16N2. The van der Waals surface area contributed by atoms with Gasteiger partial charge in [0.05, 0.1) is 6.34 Å². The number of aliphatic imine (C=N–C) groups is 1. The molecule has 0 N–H and O–H groups in total. The van der Waals surface area contributed by atoms with Gasteiger partial charge in [-0.25, -0.2) is 0 Å². The maximum absolute atomic E-state index is 4.16. The maximum atomic E-state index is 4.16. The van der Waals surface area contributed by atoms with Crippen molar-refractivity contribution in [2.75, 3.05) is 13.6 Å². The van der Waals surface area contributed by atoms with Crippen molar-refractivity contribution in [1.29, 1.82) is 0 Å².